The zero-order valence-electron chi connectivity index (χ0n) is 10.4. The summed E-state index contributed by atoms with van der Waals surface area (Å²) in [7, 11) is 0. The summed E-state index contributed by atoms with van der Waals surface area (Å²) in [6.45, 7) is 4.77. The number of piperidine rings is 1. The molecule has 1 aliphatic rings. The van der Waals surface area contributed by atoms with Crippen LogP contribution in [0.25, 0.3) is 0 Å². The monoisotopic (exact) mass is 335 g/mol. The van der Waals surface area contributed by atoms with E-state index in [2.05, 4.69) is 26.6 Å². The van der Waals surface area contributed by atoms with Crippen LogP contribution in [0.15, 0.2) is 16.7 Å². The van der Waals surface area contributed by atoms with E-state index in [4.69, 9.17) is 0 Å². The summed E-state index contributed by atoms with van der Waals surface area (Å²) in [5.74, 6) is 0.0197. The highest BCUT2D eigenvalue weighted by atomic mass is 79.9. The third kappa shape index (κ3) is 3.73. The highest BCUT2D eigenvalue weighted by Crippen LogP contribution is 2.15. The number of aromatic nitrogens is 1. The highest BCUT2D eigenvalue weighted by molar-refractivity contribution is 9.10. The van der Waals surface area contributed by atoms with Gasteiger partial charge in [-0.05, 0) is 48.3 Å². The maximum atomic E-state index is 12.1. The van der Waals surface area contributed by atoms with Crippen molar-refractivity contribution < 1.29 is 4.79 Å². The van der Waals surface area contributed by atoms with E-state index in [1.54, 1.807) is 0 Å². The molecule has 102 valence electrons. The first kappa shape index (κ1) is 15.5. The molecular formula is C12H19BrClN3O. The highest BCUT2D eigenvalue weighted by Gasteiger charge is 2.18. The molecule has 18 heavy (non-hydrogen) atoms. The van der Waals surface area contributed by atoms with E-state index in [9.17, 15) is 4.79 Å². The predicted molar refractivity (Wildman–Crippen MR) is 78.4 cm³/mol. The number of rotatable bonds is 3. The first-order valence-corrected chi connectivity index (χ1v) is 6.87. The number of nitrogens with zero attached hydrogens (tertiary/aromatic N) is 1. The average Bonchev–Trinajstić information content (AvgIpc) is 2.72. The Bertz CT molecular complexity index is 402. The van der Waals surface area contributed by atoms with E-state index in [0.717, 1.165) is 42.6 Å². The minimum atomic E-state index is 0. The van der Waals surface area contributed by atoms with Gasteiger partial charge in [-0.25, -0.2) is 0 Å². The van der Waals surface area contributed by atoms with Crippen molar-refractivity contribution in [2.45, 2.75) is 32.4 Å². The Hall–Kier alpha value is -0.520. The number of halogens is 2. The van der Waals surface area contributed by atoms with Gasteiger partial charge in [0.05, 0.1) is 0 Å². The zero-order valence-corrected chi connectivity index (χ0v) is 12.8. The van der Waals surface area contributed by atoms with Crippen LogP contribution in [0.2, 0.25) is 0 Å². The van der Waals surface area contributed by atoms with Gasteiger partial charge in [0.2, 0.25) is 0 Å². The first-order chi connectivity index (χ1) is 8.20. The molecule has 6 heteroatoms. The van der Waals surface area contributed by atoms with Crippen molar-refractivity contribution in [3.8, 4) is 0 Å². The van der Waals surface area contributed by atoms with Crippen molar-refractivity contribution in [3.63, 3.8) is 0 Å². The normalized spacial score (nSPS) is 19.1. The Balaban J connectivity index is 0.00000162. The number of hydrogen-bond donors (Lipinski definition) is 2. The van der Waals surface area contributed by atoms with Crippen LogP contribution in [0.4, 0.5) is 0 Å². The van der Waals surface area contributed by atoms with Crippen LogP contribution < -0.4 is 10.6 Å². The van der Waals surface area contributed by atoms with Crippen LogP contribution in [0.1, 0.15) is 30.3 Å². The molecule has 0 spiro atoms. The number of carbonyl (C=O) groups is 1. The van der Waals surface area contributed by atoms with Crippen molar-refractivity contribution in [2.75, 3.05) is 13.1 Å². The fourth-order valence-corrected chi connectivity index (χ4v) is 2.63. The van der Waals surface area contributed by atoms with Gasteiger partial charge in [0.25, 0.3) is 5.91 Å². The van der Waals surface area contributed by atoms with Crippen LogP contribution in [0, 0.1) is 0 Å². The number of aryl methyl sites for hydroxylation is 1. The van der Waals surface area contributed by atoms with E-state index in [1.165, 1.54) is 0 Å². The molecule has 1 aliphatic heterocycles. The topological polar surface area (TPSA) is 46.1 Å². The number of hydrogen-bond acceptors (Lipinski definition) is 2. The van der Waals surface area contributed by atoms with Crippen LogP contribution >= 0.6 is 28.3 Å². The largest absolute Gasteiger partial charge is 0.347 e. The quantitative estimate of drug-likeness (QED) is 0.888. The smallest absolute Gasteiger partial charge is 0.268 e. The second-order valence-corrected chi connectivity index (χ2v) is 5.26. The summed E-state index contributed by atoms with van der Waals surface area (Å²) < 4.78 is 2.90. The van der Waals surface area contributed by atoms with Crippen LogP contribution in [0.3, 0.4) is 0 Å². The van der Waals surface area contributed by atoms with Gasteiger partial charge in [-0.2, -0.15) is 0 Å². The molecule has 0 aliphatic carbocycles. The maximum Gasteiger partial charge on any atom is 0.268 e. The van der Waals surface area contributed by atoms with E-state index in [-0.39, 0.29) is 24.4 Å². The van der Waals surface area contributed by atoms with Crippen molar-refractivity contribution in [1.82, 2.24) is 15.2 Å². The molecule has 0 radical (unpaired) electrons. The van der Waals surface area contributed by atoms with E-state index < -0.39 is 0 Å². The number of carbonyl (C=O) groups excluding carboxylic acids is 1. The number of nitrogens with one attached hydrogen (secondary N) is 2. The van der Waals surface area contributed by atoms with Crippen molar-refractivity contribution in [3.05, 3.63) is 22.4 Å². The molecule has 1 fully saturated rings. The standard InChI is InChI=1S/C12H18BrN3O.ClH/c1-2-16-8-9(13)6-11(16)12(17)15-10-4-3-5-14-7-10;/h6,8,10,14H,2-5,7H2,1H3,(H,15,17);1H/t10-;/m1./s1. The summed E-state index contributed by atoms with van der Waals surface area (Å²) in [6.07, 6.45) is 4.13. The number of amides is 1. The van der Waals surface area contributed by atoms with Crippen LogP contribution in [0.5, 0.6) is 0 Å². The summed E-state index contributed by atoms with van der Waals surface area (Å²) in [4.78, 5) is 12.1. The zero-order chi connectivity index (χ0) is 12.3. The maximum absolute atomic E-state index is 12.1. The molecule has 1 saturated heterocycles. The summed E-state index contributed by atoms with van der Waals surface area (Å²) >= 11 is 3.40. The van der Waals surface area contributed by atoms with Gasteiger partial charge in [0.15, 0.2) is 0 Å². The Kier molecular flexibility index (Phi) is 6.18. The lowest BCUT2D eigenvalue weighted by atomic mass is 10.1. The molecule has 1 amide bonds. The Morgan fingerprint density at radius 2 is 2.44 bits per heavy atom. The molecule has 4 nitrogen and oxygen atoms in total. The lowest BCUT2D eigenvalue weighted by molar-refractivity contribution is 0.0921. The van der Waals surface area contributed by atoms with Gasteiger partial charge < -0.3 is 15.2 Å². The van der Waals surface area contributed by atoms with Gasteiger partial charge in [-0.1, -0.05) is 0 Å². The van der Waals surface area contributed by atoms with Crippen molar-refractivity contribution >= 4 is 34.2 Å². The lowest BCUT2D eigenvalue weighted by Crippen LogP contribution is -2.46. The molecule has 1 atom stereocenters. The third-order valence-electron chi connectivity index (χ3n) is 3.07. The van der Waals surface area contributed by atoms with Gasteiger partial charge in [0.1, 0.15) is 5.69 Å². The van der Waals surface area contributed by atoms with Gasteiger partial charge in [-0.3, -0.25) is 4.79 Å². The molecule has 0 unspecified atom stereocenters. The average molecular weight is 337 g/mol. The van der Waals surface area contributed by atoms with Crippen LogP contribution in [-0.2, 0) is 6.54 Å². The molecular weight excluding hydrogens is 318 g/mol. The fourth-order valence-electron chi connectivity index (χ4n) is 2.16. The summed E-state index contributed by atoms with van der Waals surface area (Å²) in [5.41, 5.74) is 0.727. The molecule has 2 rings (SSSR count). The van der Waals surface area contributed by atoms with Crippen molar-refractivity contribution in [2.24, 2.45) is 0 Å². The SMILES string of the molecule is CCn1cc(Br)cc1C(=O)N[C@@H]1CCCNC1.Cl. The lowest BCUT2D eigenvalue weighted by Gasteiger charge is -2.23. The Labute approximate surface area is 122 Å². The Morgan fingerprint density at radius 3 is 3.06 bits per heavy atom. The molecule has 0 saturated carbocycles. The van der Waals surface area contributed by atoms with Gasteiger partial charge in [-0.15, -0.1) is 12.4 Å². The molecule has 2 N–H and O–H groups in total. The van der Waals surface area contributed by atoms with Gasteiger partial charge in [0, 0.05) is 29.8 Å². The van der Waals surface area contributed by atoms with Gasteiger partial charge >= 0.3 is 0 Å². The molecule has 0 aromatic carbocycles. The van der Waals surface area contributed by atoms with Crippen molar-refractivity contribution in [1.29, 1.82) is 0 Å². The second kappa shape index (κ2) is 7.16. The minimum absolute atomic E-state index is 0. The predicted octanol–water partition coefficient (Wildman–Crippen LogP) is 2.17. The summed E-state index contributed by atoms with van der Waals surface area (Å²) in [5, 5.41) is 6.37. The minimum Gasteiger partial charge on any atom is -0.347 e. The molecule has 1 aromatic rings. The molecule has 2 heterocycles. The first-order valence-electron chi connectivity index (χ1n) is 6.08. The van der Waals surface area contributed by atoms with Crippen LogP contribution in [-0.4, -0.2) is 29.6 Å². The second-order valence-electron chi connectivity index (χ2n) is 4.35. The summed E-state index contributed by atoms with van der Waals surface area (Å²) in [6, 6.07) is 2.13. The van der Waals surface area contributed by atoms with E-state index >= 15 is 0 Å². The van der Waals surface area contributed by atoms with E-state index in [0.29, 0.717) is 0 Å². The fraction of sp³-hybridized carbons (Fsp3) is 0.583. The molecule has 0 bridgehead atoms. The Morgan fingerprint density at radius 1 is 1.67 bits per heavy atom. The third-order valence-corrected chi connectivity index (χ3v) is 3.50. The van der Waals surface area contributed by atoms with E-state index in [1.807, 2.05) is 23.8 Å². The molecule has 1 aromatic heterocycles.